The molecule has 4 rings (SSSR count). The summed E-state index contributed by atoms with van der Waals surface area (Å²) < 4.78 is 25.7. The van der Waals surface area contributed by atoms with Crippen molar-refractivity contribution in [3.63, 3.8) is 0 Å². The van der Waals surface area contributed by atoms with Crippen molar-refractivity contribution in [1.29, 1.82) is 0 Å². The normalized spacial score (nSPS) is 16.6. The number of benzene rings is 2. The lowest BCUT2D eigenvalue weighted by molar-refractivity contribution is -0.00985. The Labute approximate surface area is 212 Å². The molecule has 0 spiro atoms. The molecule has 3 aromatic rings. The van der Waals surface area contributed by atoms with Gasteiger partial charge < -0.3 is 15.3 Å². The number of piperidine rings is 1. The number of sulfonamides is 1. The molecule has 35 heavy (non-hydrogen) atoms. The maximum absolute atomic E-state index is 12.3. The number of nitrogens with zero attached hydrogens (tertiary/aromatic N) is 3. The van der Waals surface area contributed by atoms with Crippen molar-refractivity contribution in [2.24, 2.45) is 5.92 Å². The zero-order valence-electron chi connectivity index (χ0n) is 19.8. The lowest BCUT2D eigenvalue weighted by Gasteiger charge is -2.42. The van der Waals surface area contributed by atoms with Crippen LogP contribution < -0.4 is 5.32 Å². The van der Waals surface area contributed by atoms with E-state index in [0.717, 1.165) is 24.1 Å². The van der Waals surface area contributed by atoms with Crippen LogP contribution in [-0.4, -0.2) is 60.0 Å². The molecule has 0 bridgehead atoms. The summed E-state index contributed by atoms with van der Waals surface area (Å²) in [6.45, 7) is 1.37. The minimum atomic E-state index is -3.48. The van der Waals surface area contributed by atoms with E-state index in [9.17, 15) is 13.5 Å². The number of likely N-dealkylation sites (tertiary alicyclic amines) is 1. The Morgan fingerprint density at radius 3 is 2.23 bits per heavy atom. The third-order valence-corrected chi connectivity index (χ3v) is 8.72. The first-order valence-electron chi connectivity index (χ1n) is 11.5. The van der Waals surface area contributed by atoms with Crippen molar-refractivity contribution < 1.29 is 13.5 Å². The fourth-order valence-corrected chi connectivity index (χ4v) is 5.70. The molecule has 1 unspecified atom stereocenters. The van der Waals surface area contributed by atoms with E-state index in [-0.39, 0.29) is 10.8 Å². The first kappa shape index (κ1) is 25.2. The van der Waals surface area contributed by atoms with Crippen molar-refractivity contribution in [1.82, 2.24) is 14.2 Å². The van der Waals surface area contributed by atoms with Crippen LogP contribution in [0.4, 0.5) is 5.69 Å². The highest BCUT2D eigenvalue weighted by Gasteiger charge is 2.42. The molecule has 2 heterocycles. The van der Waals surface area contributed by atoms with Crippen LogP contribution >= 0.6 is 12.2 Å². The van der Waals surface area contributed by atoms with Gasteiger partial charge in [0.05, 0.1) is 10.6 Å². The first-order valence-corrected chi connectivity index (χ1v) is 13.4. The second-order valence-corrected chi connectivity index (χ2v) is 11.4. The zero-order valence-corrected chi connectivity index (χ0v) is 21.5. The van der Waals surface area contributed by atoms with E-state index in [0.29, 0.717) is 23.9 Å². The second-order valence-electron chi connectivity index (χ2n) is 8.85. The predicted octanol–water partition coefficient (Wildman–Crippen LogP) is 3.68. The van der Waals surface area contributed by atoms with Gasteiger partial charge in [-0.3, -0.25) is 4.98 Å². The third kappa shape index (κ3) is 5.23. The number of aliphatic hydroxyl groups is 1. The van der Waals surface area contributed by atoms with Crippen molar-refractivity contribution in [2.45, 2.75) is 23.3 Å². The minimum absolute atomic E-state index is 0.0191. The third-order valence-electron chi connectivity index (χ3n) is 6.53. The molecule has 1 aliphatic rings. The second kappa shape index (κ2) is 10.4. The van der Waals surface area contributed by atoms with Crippen LogP contribution in [0.2, 0.25) is 0 Å². The smallest absolute Gasteiger partial charge is 0.242 e. The summed E-state index contributed by atoms with van der Waals surface area (Å²) in [4.78, 5) is 6.81. The largest absolute Gasteiger partial charge is 0.378 e. The highest BCUT2D eigenvalue weighted by atomic mass is 32.2. The number of anilines is 1. The predicted molar refractivity (Wildman–Crippen MR) is 142 cm³/mol. The quantitative estimate of drug-likeness (QED) is 0.490. The summed E-state index contributed by atoms with van der Waals surface area (Å²) in [6.07, 6.45) is 3.19. The summed E-state index contributed by atoms with van der Waals surface area (Å²) in [5.41, 5.74) is 1.03. The van der Waals surface area contributed by atoms with Crippen LogP contribution in [0.5, 0.6) is 0 Å². The van der Waals surface area contributed by atoms with Gasteiger partial charge in [0.15, 0.2) is 5.11 Å². The average molecular weight is 511 g/mol. The molecule has 0 aliphatic carbocycles. The van der Waals surface area contributed by atoms with Gasteiger partial charge in [-0.05, 0) is 67.0 Å². The van der Waals surface area contributed by atoms with Crippen molar-refractivity contribution >= 4 is 33.0 Å². The van der Waals surface area contributed by atoms with E-state index in [1.165, 1.54) is 18.4 Å². The number of thiocarbonyl (C=S) groups is 1. The Morgan fingerprint density at radius 2 is 1.66 bits per heavy atom. The molecule has 1 atom stereocenters. The lowest BCUT2D eigenvalue weighted by Crippen LogP contribution is -2.47. The van der Waals surface area contributed by atoms with Gasteiger partial charge in [-0.15, -0.1) is 0 Å². The van der Waals surface area contributed by atoms with E-state index < -0.39 is 15.6 Å². The monoisotopic (exact) mass is 510 g/mol. The zero-order chi connectivity index (χ0) is 25.1. The maximum atomic E-state index is 12.3. The standard InChI is InChI=1S/C26H30N4O3S2/c1-29(2)35(32,33)23-13-11-22(12-14-23)28-25(34)30-18-15-21(16-19-30)26(31,20-8-4-3-5-9-20)24-10-6-7-17-27-24/h3-14,17,21,31H,15-16,18-19H2,1-2H3,(H,28,34). The summed E-state index contributed by atoms with van der Waals surface area (Å²) in [6, 6.07) is 21.9. The number of hydrogen-bond acceptors (Lipinski definition) is 5. The molecule has 0 saturated carbocycles. The van der Waals surface area contributed by atoms with Crippen LogP contribution in [0.3, 0.4) is 0 Å². The molecule has 1 aromatic heterocycles. The number of aromatic nitrogens is 1. The van der Waals surface area contributed by atoms with E-state index in [2.05, 4.69) is 15.2 Å². The molecule has 184 valence electrons. The van der Waals surface area contributed by atoms with E-state index in [1.807, 2.05) is 48.5 Å². The molecule has 7 nitrogen and oxygen atoms in total. The van der Waals surface area contributed by atoms with Crippen LogP contribution in [0.15, 0.2) is 83.9 Å². The minimum Gasteiger partial charge on any atom is -0.378 e. The van der Waals surface area contributed by atoms with Crippen molar-refractivity contribution in [3.05, 3.63) is 90.3 Å². The maximum Gasteiger partial charge on any atom is 0.242 e. The number of hydrogen-bond donors (Lipinski definition) is 2. The van der Waals surface area contributed by atoms with Gasteiger partial charge in [0.1, 0.15) is 5.60 Å². The summed E-state index contributed by atoms with van der Waals surface area (Å²) >= 11 is 5.64. The highest BCUT2D eigenvalue weighted by Crippen LogP contribution is 2.41. The Morgan fingerprint density at radius 1 is 1.03 bits per heavy atom. The molecule has 1 aliphatic heterocycles. The van der Waals surface area contributed by atoms with Gasteiger partial charge in [-0.2, -0.15) is 0 Å². The highest BCUT2D eigenvalue weighted by molar-refractivity contribution is 7.89. The number of nitrogens with one attached hydrogen (secondary N) is 1. The van der Waals surface area contributed by atoms with Crippen LogP contribution in [0, 0.1) is 5.92 Å². The van der Waals surface area contributed by atoms with Gasteiger partial charge in [-0.25, -0.2) is 12.7 Å². The van der Waals surface area contributed by atoms with Crippen LogP contribution in [-0.2, 0) is 15.6 Å². The van der Waals surface area contributed by atoms with Gasteiger partial charge in [0.25, 0.3) is 0 Å². The molecule has 2 aromatic carbocycles. The van der Waals surface area contributed by atoms with E-state index in [4.69, 9.17) is 12.2 Å². The Balaban J connectivity index is 1.44. The fraction of sp³-hybridized carbons (Fsp3) is 0.308. The van der Waals surface area contributed by atoms with Gasteiger partial charge in [0.2, 0.25) is 10.0 Å². The molecule has 2 N–H and O–H groups in total. The molecule has 0 amide bonds. The Kier molecular flexibility index (Phi) is 7.51. The lowest BCUT2D eigenvalue weighted by atomic mass is 9.74. The molecule has 9 heteroatoms. The van der Waals surface area contributed by atoms with Gasteiger partial charge in [0, 0.05) is 45.0 Å². The molecular formula is C26H30N4O3S2. The summed E-state index contributed by atoms with van der Waals surface area (Å²) in [5.74, 6) is -0.0191. The average Bonchev–Trinajstić information content (AvgIpc) is 2.89. The Hall–Kier alpha value is -2.85. The molecule has 0 radical (unpaired) electrons. The van der Waals surface area contributed by atoms with Crippen LogP contribution in [0.1, 0.15) is 24.1 Å². The van der Waals surface area contributed by atoms with E-state index in [1.54, 1.807) is 30.5 Å². The molecular weight excluding hydrogens is 480 g/mol. The van der Waals surface area contributed by atoms with E-state index >= 15 is 0 Å². The van der Waals surface area contributed by atoms with Crippen molar-refractivity contribution in [2.75, 3.05) is 32.5 Å². The van der Waals surface area contributed by atoms with Gasteiger partial charge >= 0.3 is 0 Å². The summed E-state index contributed by atoms with van der Waals surface area (Å²) in [7, 11) is -0.461. The Bertz CT molecular complexity index is 1200. The number of pyridine rings is 1. The topological polar surface area (TPSA) is 85.8 Å². The van der Waals surface area contributed by atoms with Gasteiger partial charge in [-0.1, -0.05) is 36.4 Å². The summed E-state index contributed by atoms with van der Waals surface area (Å²) in [5, 5.41) is 15.8. The SMILES string of the molecule is CN(C)S(=O)(=O)c1ccc(NC(=S)N2CCC(C(O)(c3ccccc3)c3ccccn3)CC2)cc1. The fourth-order valence-electron chi connectivity index (χ4n) is 4.50. The molecule has 1 fully saturated rings. The first-order chi connectivity index (χ1) is 16.7. The van der Waals surface area contributed by atoms with Crippen molar-refractivity contribution in [3.8, 4) is 0 Å². The molecule has 1 saturated heterocycles. The number of rotatable bonds is 6. The van der Waals surface area contributed by atoms with Crippen LogP contribution in [0.25, 0.3) is 0 Å².